The smallest absolute Gasteiger partial charge is 0.315 e. The molecule has 3 rings (SSSR count). The molecular weight excluding hydrogens is 430 g/mol. The second kappa shape index (κ2) is 9.81. The topological polar surface area (TPSA) is 66.5 Å². The number of aromatic nitrogens is 1. The molecule has 30 heavy (non-hydrogen) atoms. The van der Waals surface area contributed by atoms with Crippen LogP contribution in [0.15, 0.2) is 30.5 Å². The molecule has 3 unspecified atom stereocenters. The molecular formula is C21H25Cl2FN4O2. The number of halogens is 3. The minimum Gasteiger partial charge on any atom is -0.372 e. The minimum atomic E-state index is -0.583. The van der Waals surface area contributed by atoms with Crippen LogP contribution >= 0.6 is 23.2 Å². The van der Waals surface area contributed by atoms with Crippen LogP contribution in [-0.2, 0) is 11.3 Å². The van der Waals surface area contributed by atoms with Crippen molar-refractivity contribution in [2.75, 3.05) is 18.0 Å². The van der Waals surface area contributed by atoms with E-state index in [1.165, 1.54) is 12.1 Å². The summed E-state index contributed by atoms with van der Waals surface area (Å²) in [5, 5.41) is 5.75. The van der Waals surface area contributed by atoms with Gasteiger partial charge in [-0.05, 0) is 50.1 Å². The average Bonchev–Trinajstić information content (AvgIpc) is 2.68. The van der Waals surface area contributed by atoms with Gasteiger partial charge in [-0.15, -0.1) is 0 Å². The van der Waals surface area contributed by atoms with Gasteiger partial charge in [-0.3, -0.25) is 0 Å². The first-order valence-electron chi connectivity index (χ1n) is 9.77. The lowest BCUT2D eigenvalue weighted by atomic mass is 10.1. The fraction of sp³-hybridized carbons (Fsp3) is 0.429. The van der Waals surface area contributed by atoms with Crippen molar-refractivity contribution in [3.05, 3.63) is 57.5 Å². The molecule has 1 aromatic heterocycles. The molecule has 0 spiro atoms. The van der Waals surface area contributed by atoms with Gasteiger partial charge in [0.2, 0.25) is 0 Å². The number of hydrogen-bond acceptors (Lipinski definition) is 4. The third kappa shape index (κ3) is 5.74. The number of amides is 2. The molecule has 1 aliphatic heterocycles. The summed E-state index contributed by atoms with van der Waals surface area (Å²) in [6.07, 6.45) is 2.06. The van der Waals surface area contributed by atoms with Crippen LogP contribution in [0.4, 0.5) is 15.0 Å². The molecule has 1 aromatic carbocycles. The molecule has 0 aliphatic carbocycles. The number of ether oxygens (including phenoxy) is 1. The minimum absolute atomic E-state index is 0.0580. The van der Waals surface area contributed by atoms with Gasteiger partial charge in [0.15, 0.2) is 0 Å². The van der Waals surface area contributed by atoms with E-state index >= 15 is 0 Å². The predicted molar refractivity (Wildman–Crippen MR) is 117 cm³/mol. The Balaban J connectivity index is 1.53. The molecule has 2 amide bonds. The van der Waals surface area contributed by atoms with E-state index in [1.807, 2.05) is 26.0 Å². The van der Waals surface area contributed by atoms with E-state index in [4.69, 9.17) is 27.9 Å². The van der Waals surface area contributed by atoms with Crippen LogP contribution in [0.2, 0.25) is 10.0 Å². The van der Waals surface area contributed by atoms with Gasteiger partial charge in [-0.25, -0.2) is 14.2 Å². The summed E-state index contributed by atoms with van der Waals surface area (Å²) in [6.45, 7) is 7.71. The number of anilines is 1. The van der Waals surface area contributed by atoms with Crippen molar-refractivity contribution in [2.45, 2.75) is 45.6 Å². The van der Waals surface area contributed by atoms with E-state index in [0.29, 0.717) is 17.1 Å². The molecule has 0 bridgehead atoms. The Labute approximate surface area is 185 Å². The summed E-state index contributed by atoms with van der Waals surface area (Å²) in [5.74, 6) is 0.304. The number of nitrogens with zero attached hydrogens (tertiary/aromatic N) is 2. The highest BCUT2D eigenvalue weighted by Crippen LogP contribution is 2.28. The number of benzene rings is 1. The molecule has 3 atom stereocenters. The van der Waals surface area contributed by atoms with Gasteiger partial charge in [0.25, 0.3) is 0 Å². The highest BCUT2D eigenvalue weighted by Gasteiger charge is 2.23. The number of hydrogen-bond donors (Lipinski definition) is 2. The van der Waals surface area contributed by atoms with Crippen molar-refractivity contribution in [3.8, 4) is 0 Å². The molecule has 1 fully saturated rings. The summed E-state index contributed by atoms with van der Waals surface area (Å²) in [6, 6.07) is 5.54. The Morgan fingerprint density at radius 2 is 1.97 bits per heavy atom. The van der Waals surface area contributed by atoms with Crippen LogP contribution in [0.25, 0.3) is 0 Å². The predicted octanol–water partition coefficient (Wildman–Crippen LogP) is 4.70. The lowest BCUT2D eigenvalue weighted by Gasteiger charge is -2.36. The van der Waals surface area contributed by atoms with Gasteiger partial charge in [-0.2, -0.15) is 0 Å². The number of rotatable bonds is 5. The molecule has 6 nitrogen and oxygen atoms in total. The number of morpholine rings is 1. The number of carbonyl (C=O) groups is 1. The summed E-state index contributed by atoms with van der Waals surface area (Å²) >= 11 is 11.8. The van der Waals surface area contributed by atoms with E-state index in [1.54, 1.807) is 13.1 Å². The van der Waals surface area contributed by atoms with Crippen molar-refractivity contribution < 1.29 is 13.9 Å². The molecule has 9 heteroatoms. The number of carbonyl (C=O) groups excluding carboxylic acids is 1. The average molecular weight is 455 g/mol. The molecule has 1 saturated heterocycles. The molecule has 2 N–H and O–H groups in total. The normalized spacial score (nSPS) is 20.0. The van der Waals surface area contributed by atoms with E-state index in [9.17, 15) is 9.18 Å². The van der Waals surface area contributed by atoms with Gasteiger partial charge in [0.05, 0.1) is 23.3 Å². The van der Waals surface area contributed by atoms with E-state index in [2.05, 4.69) is 20.5 Å². The Hall–Kier alpha value is -2.09. The van der Waals surface area contributed by atoms with Crippen LogP contribution in [0.5, 0.6) is 0 Å². The third-order valence-electron chi connectivity index (χ3n) is 4.86. The maximum absolute atomic E-state index is 13.7. The largest absolute Gasteiger partial charge is 0.372 e. The van der Waals surface area contributed by atoms with Crippen LogP contribution < -0.4 is 15.5 Å². The fourth-order valence-electron chi connectivity index (χ4n) is 3.45. The highest BCUT2D eigenvalue weighted by molar-refractivity contribution is 6.35. The van der Waals surface area contributed by atoms with Gasteiger partial charge in [0, 0.05) is 30.9 Å². The summed E-state index contributed by atoms with van der Waals surface area (Å²) in [5.41, 5.74) is 1.32. The van der Waals surface area contributed by atoms with Gasteiger partial charge in [-0.1, -0.05) is 29.3 Å². The Kier molecular flexibility index (Phi) is 7.39. The van der Waals surface area contributed by atoms with Crippen molar-refractivity contribution in [3.63, 3.8) is 0 Å². The molecule has 0 saturated carbocycles. The SMILES string of the molecule is CC1CN(c2ccc(CNC(=O)NC(C)c3cc(F)c(Cl)cc3Cl)cn2)CC(C)O1. The Bertz CT molecular complexity index is 887. The second-order valence-corrected chi connectivity index (χ2v) is 8.34. The molecule has 1 aliphatic rings. The monoisotopic (exact) mass is 454 g/mol. The lowest BCUT2D eigenvalue weighted by molar-refractivity contribution is -0.00546. The van der Waals surface area contributed by atoms with Gasteiger partial charge in [0.1, 0.15) is 11.6 Å². The van der Waals surface area contributed by atoms with Crippen molar-refractivity contribution in [2.24, 2.45) is 0 Å². The first kappa shape index (κ1) is 22.6. The van der Waals surface area contributed by atoms with Crippen LogP contribution in [0.1, 0.15) is 37.9 Å². The van der Waals surface area contributed by atoms with E-state index in [-0.39, 0.29) is 17.2 Å². The van der Waals surface area contributed by atoms with Gasteiger partial charge < -0.3 is 20.3 Å². The highest BCUT2D eigenvalue weighted by atomic mass is 35.5. The molecule has 162 valence electrons. The third-order valence-corrected chi connectivity index (χ3v) is 5.48. The van der Waals surface area contributed by atoms with E-state index < -0.39 is 17.9 Å². The first-order valence-corrected chi connectivity index (χ1v) is 10.5. The zero-order valence-electron chi connectivity index (χ0n) is 17.1. The molecule has 2 heterocycles. The molecule has 0 radical (unpaired) electrons. The van der Waals surface area contributed by atoms with Crippen molar-refractivity contribution in [1.29, 1.82) is 0 Å². The van der Waals surface area contributed by atoms with Crippen LogP contribution in [0.3, 0.4) is 0 Å². The maximum Gasteiger partial charge on any atom is 0.315 e. The molecule has 2 aromatic rings. The maximum atomic E-state index is 13.7. The van der Waals surface area contributed by atoms with Crippen LogP contribution in [0, 0.1) is 5.82 Å². The second-order valence-electron chi connectivity index (χ2n) is 7.52. The standard InChI is InChI=1S/C21H25Cl2FN4O2/c1-12-10-28(11-13(2)30-12)20-5-4-15(8-25-20)9-26-21(29)27-14(3)16-6-19(24)18(23)7-17(16)22/h4-8,12-14H,9-11H2,1-3H3,(H2,26,27,29). The van der Waals surface area contributed by atoms with Crippen molar-refractivity contribution >= 4 is 35.1 Å². The number of urea groups is 1. The summed E-state index contributed by atoms with van der Waals surface area (Å²) < 4.78 is 19.5. The summed E-state index contributed by atoms with van der Waals surface area (Å²) in [4.78, 5) is 18.9. The lowest BCUT2D eigenvalue weighted by Crippen LogP contribution is -2.45. The zero-order chi connectivity index (χ0) is 21.8. The number of pyridine rings is 1. The first-order chi connectivity index (χ1) is 14.2. The fourth-order valence-corrected chi connectivity index (χ4v) is 4.00. The summed E-state index contributed by atoms with van der Waals surface area (Å²) in [7, 11) is 0. The zero-order valence-corrected chi connectivity index (χ0v) is 18.6. The van der Waals surface area contributed by atoms with Crippen molar-refractivity contribution in [1.82, 2.24) is 15.6 Å². The quantitative estimate of drug-likeness (QED) is 0.642. The van der Waals surface area contributed by atoms with Gasteiger partial charge >= 0.3 is 6.03 Å². The Morgan fingerprint density at radius 1 is 1.27 bits per heavy atom. The number of nitrogens with one attached hydrogen (secondary N) is 2. The van der Waals surface area contributed by atoms with Crippen LogP contribution in [-0.4, -0.2) is 36.3 Å². The van der Waals surface area contributed by atoms with E-state index in [0.717, 1.165) is 24.5 Å². The Morgan fingerprint density at radius 3 is 2.60 bits per heavy atom.